The molecule has 0 saturated carbocycles. The lowest BCUT2D eigenvalue weighted by Gasteiger charge is -2.02. The van der Waals surface area contributed by atoms with E-state index in [0.29, 0.717) is 6.61 Å². The summed E-state index contributed by atoms with van der Waals surface area (Å²) in [5.74, 6) is 0. The van der Waals surface area contributed by atoms with Crippen LogP contribution in [0.1, 0.15) is 6.92 Å². The van der Waals surface area contributed by atoms with Crippen molar-refractivity contribution in [2.75, 3.05) is 13.2 Å². The first-order valence-corrected chi connectivity index (χ1v) is 4.60. The Hall–Kier alpha value is -1.49. The minimum absolute atomic E-state index is 0.686. The van der Waals surface area contributed by atoms with Crippen molar-refractivity contribution in [1.82, 2.24) is 19.5 Å². The number of aromatic nitrogens is 4. The summed E-state index contributed by atoms with van der Waals surface area (Å²) in [6.45, 7) is 4.18. The van der Waals surface area contributed by atoms with Gasteiger partial charge in [0.2, 0.25) is 0 Å². The molecule has 2 rings (SSSR count). The molecule has 0 bridgehead atoms. The molecule has 0 N–H and O–H groups in total. The van der Waals surface area contributed by atoms with E-state index in [-0.39, 0.29) is 0 Å². The Morgan fingerprint density at radius 2 is 2.36 bits per heavy atom. The van der Waals surface area contributed by atoms with Gasteiger partial charge < -0.3 is 9.30 Å². The van der Waals surface area contributed by atoms with Crippen LogP contribution >= 0.6 is 0 Å². The van der Waals surface area contributed by atoms with Crippen molar-refractivity contribution >= 4 is 11.2 Å². The van der Waals surface area contributed by atoms with Crippen LogP contribution in [-0.4, -0.2) is 32.7 Å². The topological polar surface area (TPSA) is 52.8 Å². The predicted octanol–water partition coefficient (Wildman–Crippen LogP) is 0.863. The average Bonchev–Trinajstić information content (AvgIpc) is 2.63. The summed E-state index contributed by atoms with van der Waals surface area (Å²) in [5.41, 5.74) is 1.68. The van der Waals surface area contributed by atoms with Crippen LogP contribution in [0.2, 0.25) is 0 Å². The smallest absolute Gasteiger partial charge is 0.163 e. The molecule has 2 aromatic heterocycles. The summed E-state index contributed by atoms with van der Waals surface area (Å²) in [6, 6.07) is 0. The van der Waals surface area contributed by atoms with E-state index in [4.69, 9.17) is 4.74 Å². The average molecular weight is 192 g/mol. The van der Waals surface area contributed by atoms with Gasteiger partial charge in [-0.1, -0.05) is 0 Å². The zero-order valence-corrected chi connectivity index (χ0v) is 8.05. The number of imidazole rings is 1. The summed E-state index contributed by atoms with van der Waals surface area (Å²) in [4.78, 5) is 12.2. The fourth-order valence-electron chi connectivity index (χ4n) is 1.29. The third kappa shape index (κ3) is 1.72. The van der Waals surface area contributed by atoms with Crippen LogP contribution in [0.15, 0.2) is 18.9 Å². The Kier molecular flexibility index (Phi) is 2.69. The molecule has 0 radical (unpaired) electrons. The number of nitrogens with zero attached hydrogens (tertiary/aromatic N) is 4. The van der Waals surface area contributed by atoms with E-state index in [1.807, 2.05) is 11.5 Å². The van der Waals surface area contributed by atoms with Crippen LogP contribution < -0.4 is 0 Å². The molecule has 5 heteroatoms. The molecule has 5 nitrogen and oxygen atoms in total. The molecule has 0 fully saturated rings. The molecule has 0 amide bonds. The highest BCUT2D eigenvalue weighted by atomic mass is 16.5. The zero-order valence-electron chi connectivity index (χ0n) is 8.05. The van der Waals surface area contributed by atoms with Gasteiger partial charge in [-0.15, -0.1) is 0 Å². The highest BCUT2D eigenvalue weighted by Crippen LogP contribution is 2.06. The van der Waals surface area contributed by atoms with Crippen molar-refractivity contribution in [3.63, 3.8) is 0 Å². The van der Waals surface area contributed by atoms with Crippen molar-refractivity contribution in [1.29, 1.82) is 0 Å². The van der Waals surface area contributed by atoms with Crippen LogP contribution in [0.3, 0.4) is 0 Å². The maximum Gasteiger partial charge on any atom is 0.163 e. The molecule has 2 heterocycles. The summed E-state index contributed by atoms with van der Waals surface area (Å²) in [7, 11) is 0. The fourth-order valence-corrected chi connectivity index (χ4v) is 1.29. The molecule has 0 aliphatic carbocycles. The van der Waals surface area contributed by atoms with E-state index < -0.39 is 0 Å². The summed E-state index contributed by atoms with van der Waals surface area (Å²) in [5, 5.41) is 0. The molecule has 74 valence electrons. The maximum atomic E-state index is 5.26. The van der Waals surface area contributed by atoms with Gasteiger partial charge in [-0.25, -0.2) is 15.0 Å². The van der Waals surface area contributed by atoms with Crippen molar-refractivity contribution in [2.24, 2.45) is 0 Å². The summed E-state index contributed by atoms with van der Waals surface area (Å²) < 4.78 is 7.23. The van der Waals surface area contributed by atoms with Crippen molar-refractivity contribution in [2.45, 2.75) is 13.5 Å². The second-order valence-electron chi connectivity index (χ2n) is 2.87. The molecular formula is C9H12N4O. The summed E-state index contributed by atoms with van der Waals surface area (Å²) in [6.07, 6.45) is 5.00. The predicted molar refractivity (Wildman–Crippen MR) is 51.8 cm³/mol. The SMILES string of the molecule is CCOCCn1cnc2cncnc21. The van der Waals surface area contributed by atoms with E-state index in [0.717, 1.165) is 24.3 Å². The first-order chi connectivity index (χ1) is 6.92. The number of fused-ring (bicyclic) bond motifs is 1. The Balaban J connectivity index is 2.17. The monoisotopic (exact) mass is 192 g/mol. The largest absolute Gasteiger partial charge is 0.380 e. The van der Waals surface area contributed by atoms with Crippen LogP contribution in [0.25, 0.3) is 11.2 Å². The highest BCUT2D eigenvalue weighted by Gasteiger charge is 2.01. The van der Waals surface area contributed by atoms with Gasteiger partial charge in [0, 0.05) is 13.2 Å². The molecule has 0 aromatic carbocycles. The standard InChI is InChI=1S/C9H12N4O/c1-2-14-4-3-13-7-12-8-5-10-6-11-9(8)13/h5-7H,2-4H2,1H3. The highest BCUT2D eigenvalue weighted by molar-refractivity contribution is 5.68. The normalized spacial score (nSPS) is 10.9. The van der Waals surface area contributed by atoms with Gasteiger partial charge >= 0.3 is 0 Å². The number of hydrogen-bond donors (Lipinski definition) is 0. The molecule has 0 aliphatic heterocycles. The van der Waals surface area contributed by atoms with Gasteiger partial charge in [0.1, 0.15) is 11.8 Å². The number of ether oxygens (including phenoxy) is 1. The lowest BCUT2D eigenvalue weighted by Crippen LogP contribution is -2.05. The number of rotatable bonds is 4. The van der Waals surface area contributed by atoms with Gasteiger partial charge in [-0.2, -0.15) is 0 Å². The Morgan fingerprint density at radius 1 is 1.43 bits per heavy atom. The lowest BCUT2D eigenvalue weighted by molar-refractivity contribution is 0.139. The quantitative estimate of drug-likeness (QED) is 0.674. The molecule has 0 spiro atoms. The second-order valence-corrected chi connectivity index (χ2v) is 2.87. The van der Waals surface area contributed by atoms with Crippen LogP contribution in [0, 0.1) is 0 Å². The fraction of sp³-hybridized carbons (Fsp3) is 0.444. The maximum absolute atomic E-state index is 5.26. The third-order valence-electron chi connectivity index (χ3n) is 1.96. The first-order valence-electron chi connectivity index (χ1n) is 4.60. The Morgan fingerprint density at radius 3 is 3.21 bits per heavy atom. The molecule has 0 saturated heterocycles. The minimum atomic E-state index is 0.686. The van der Waals surface area contributed by atoms with Crippen LogP contribution in [-0.2, 0) is 11.3 Å². The van der Waals surface area contributed by atoms with Gasteiger partial charge in [-0.3, -0.25) is 0 Å². The Bertz CT molecular complexity index is 412. The van der Waals surface area contributed by atoms with Crippen molar-refractivity contribution in [3.05, 3.63) is 18.9 Å². The molecule has 0 aliphatic rings. The Labute approximate surface area is 81.8 Å². The number of hydrogen-bond acceptors (Lipinski definition) is 4. The molecule has 0 unspecified atom stereocenters. The molecule has 0 atom stereocenters. The van der Waals surface area contributed by atoms with Gasteiger partial charge in [0.05, 0.1) is 19.1 Å². The van der Waals surface area contributed by atoms with E-state index in [1.54, 1.807) is 12.5 Å². The molecular weight excluding hydrogens is 180 g/mol. The van der Waals surface area contributed by atoms with Gasteiger partial charge in [0.15, 0.2) is 5.65 Å². The lowest BCUT2D eigenvalue weighted by atomic mass is 10.5. The zero-order chi connectivity index (χ0) is 9.80. The van der Waals surface area contributed by atoms with Crippen molar-refractivity contribution in [3.8, 4) is 0 Å². The van der Waals surface area contributed by atoms with Crippen LogP contribution in [0.4, 0.5) is 0 Å². The van der Waals surface area contributed by atoms with Gasteiger partial charge in [0.25, 0.3) is 0 Å². The van der Waals surface area contributed by atoms with Crippen LogP contribution in [0.5, 0.6) is 0 Å². The van der Waals surface area contributed by atoms with Crippen molar-refractivity contribution < 1.29 is 4.74 Å². The second kappa shape index (κ2) is 4.15. The third-order valence-corrected chi connectivity index (χ3v) is 1.96. The molecule has 2 aromatic rings. The van der Waals surface area contributed by atoms with E-state index in [1.165, 1.54) is 6.33 Å². The summed E-state index contributed by atoms with van der Waals surface area (Å²) >= 11 is 0. The minimum Gasteiger partial charge on any atom is -0.380 e. The molecule has 14 heavy (non-hydrogen) atoms. The first kappa shape index (κ1) is 9.08. The van der Waals surface area contributed by atoms with E-state index in [9.17, 15) is 0 Å². The van der Waals surface area contributed by atoms with E-state index in [2.05, 4.69) is 15.0 Å². The van der Waals surface area contributed by atoms with E-state index >= 15 is 0 Å². The van der Waals surface area contributed by atoms with Gasteiger partial charge in [-0.05, 0) is 6.92 Å².